The number of nitrogens with one attached hydrogen (secondary N) is 1. The normalized spacial score (nSPS) is 13.7. The highest BCUT2D eigenvalue weighted by molar-refractivity contribution is 6.12. The van der Waals surface area contributed by atoms with Crippen LogP contribution in [0.3, 0.4) is 0 Å². The number of hydrogen-bond acceptors (Lipinski definition) is 2. The molecule has 0 saturated heterocycles. The monoisotopic (exact) mass is 451 g/mol. The van der Waals surface area contributed by atoms with E-state index in [1.54, 1.807) is 0 Å². The minimum atomic E-state index is -0.0282. The molecule has 0 spiro atoms. The van der Waals surface area contributed by atoms with E-state index in [0.29, 0.717) is 0 Å². The summed E-state index contributed by atoms with van der Waals surface area (Å²) >= 11 is 0. The Kier molecular flexibility index (Phi) is 4.22. The first-order chi connectivity index (χ1) is 17.1. The van der Waals surface area contributed by atoms with E-state index < -0.39 is 0 Å². The fourth-order valence-corrected chi connectivity index (χ4v) is 5.70. The molecule has 0 radical (unpaired) electrons. The number of para-hydroxylation sites is 2. The Morgan fingerprint density at radius 3 is 2.11 bits per heavy atom. The van der Waals surface area contributed by atoms with Crippen molar-refractivity contribution >= 4 is 33.3 Å². The van der Waals surface area contributed by atoms with Gasteiger partial charge in [0.2, 0.25) is 0 Å². The van der Waals surface area contributed by atoms with Crippen molar-refractivity contribution in [3.8, 4) is 22.3 Å². The quantitative estimate of drug-likeness (QED) is 0.290. The second kappa shape index (κ2) is 7.35. The van der Waals surface area contributed by atoms with Gasteiger partial charge in [-0.15, -0.1) is 0 Å². The van der Waals surface area contributed by atoms with Crippen LogP contribution in [0.5, 0.6) is 0 Å². The van der Waals surface area contributed by atoms with E-state index >= 15 is 0 Å². The van der Waals surface area contributed by atoms with Crippen LogP contribution < -0.4 is 5.32 Å². The molecule has 0 atom stereocenters. The van der Waals surface area contributed by atoms with Crippen molar-refractivity contribution < 1.29 is 4.42 Å². The van der Waals surface area contributed by atoms with Gasteiger partial charge in [0.05, 0.1) is 5.69 Å². The van der Waals surface area contributed by atoms with Crippen LogP contribution in [0, 0.1) is 0 Å². The third-order valence-electron chi connectivity index (χ3n) is 7.47. The van der Waals surface area contributed by atoms with Gasteiger partial charge >= 0.3 is 0 Å². The van der Waals surface area contributed by atoms with Crippen molar-refractivity contribution in [3.05, 3.63) is 120 Å². The fraction of sp³-hybridized carbons (Fsp3) is 0.0909. The molecule has 2 heteroatoms. The molecule has 168 valence electrons. The zero-order valence-corrected chi connectivity index (χ0v) is 19.8. The Bertz CT molecular complexity index is 1740. The summed E-state index contributed by atoms with van der Waals surface area (Å²) in [4.78, 5) is 0. The lowest BCUT2D eigenvalue weighted by Crippen LogP contribution is -2.15. The molecular weight excluding hydrogens is 426 g/mol. The minimum absolute atomic E-state index is 0.0282. The van der Waals surface area contributed by atoms with Crippen molar-refractivity contribution in [2.75, 3.05) is 5.32 Å². The van der Waals surface area contributed by atoms with Crippen LogP contribution in [-0.2, 0) is 5.41 Å². The number of hydrogen-bond donors (Lipinski definition) is 1. The van der Waals surface area contributed by atoms with Gasteiger partial charge in [-0.05, 0) is 46.0 Å². The van der Waals surface area contributed by atoms with Crippen LogP contribution in [-0.4, -0.2) is 0 Å². The van der Waals surface area contributed by atoms with Gasteiger partial charge in [0.15, 0.2) is 5.58 Å². The van der Waals surface area contributed by atoms with Crippen LogP contribution in [0.25, 0.3) is 44.2 Å². The van der Waals surface area contributed by atoms with Crippen molar-refractivity contribution in [1.29, 1.82) is 0 Å². The lowest BCUT2D eigenvalue weighted by molar-refractivity contribution is 0.660. The summed E-state index contributed by atoms with van der Waals surface area (Å²) < 4.78 is 6.56. The first-order valence-corrected chi connectivity index (χ1v) is 12.1. The Labute approximate surface area is 204 Å². The maximum absolute atomic E-state index is 6.56. The van der Waals surface area contributed by atoms with E-state index in [-0.39, 0.29) is 5.41 Å². The van der Waals surface area contributed by atoms with Crippen molar-refractivity contribution in [3.63, 3.8) is 0 Å². The van der Waals surface area contributed by atoms with Crippen LogP contribution in [0.4, 0.5) is 11.4 Å². The second-order valence-electron chi connectivity index (χ2n) is 9.89. The maximum atomic E-state index is 6.56. The lowest BCUT2D eigenvalue weighted by atomic mass is 9.82. The third-order valence-corrected chi connectivity index (χ3v) is 7.47. The first-order valence-electron chi connectivity index (χ1n) is 12.1. The van der Waals surface area contributed by atoms with Gasteiger partial charge in [-0.3, -0.25) is 0 Å². The molecule has 0 fully saturated rings. The summed E-state index contributed by atoms with van der Waals surface area (Å²) in [5, 5.41) is 5.92. The summed E-state index contributed by atoms with van der Waals surface area (Å²) in [7, 11) is 0. The smallest absolute Gasteiger partial charge is 0.158 e. The lowest BCUT2D eigenvalue weighted by Gasteiger charge is -2.22. The topological polar surface area (TPSA) is 25.2 Å². The molecule has 7 rings (SSSR count). The number of benzene rings is 5. The van der Waals surface area contributed by atoms with Gasteiger partial charge < -0.3 is 9.73 Å². The van der Waals surface area contributed by atoms with Gasteiger partial charge in [-0.25, -0.2) is 0 Å². The highest BCUT2D eigenvalue weighted by atomic mass is 16.3. The average Bonchev–Trinajstić information content (AvgIpc) is 3.39. The minimum Gasteiger partial charge on any atom is -0.453 e. The zero-order chi connectivity index (χ0) is 23.6. The predicted octanol–water partition coefficient (Wildman–Crippen LogP) is 9.30. The molecule has 0 unspecified atom stereocenters. The highest BCUT2D eigenvalue weighted by Gasteiger charge is 2.35. The molecule has 1 aromatic heterocycles. The number of furan rings is 1. The standard InChI is InChI=1S/C33H25NO/c1-33(2)28-16-7-6-12-24(28)25-19-18-22(20-29(25)33)34-30-17-9-15-27-26-14-8-13-23(31(26)35-32(27)30)21-10-4-3-5-11-21/h3-20,34H,1-2H3. The van der Waals surface area contributed by atoms with Gasteiger partial charge in [0, 0.05) is 27.4 Å². The molecule has 5 aromatic carbocycles. The van der Waals surface area contributed by atoms with Crippen LogP contribution >= 0.6 is 0 Å². The summed E-state index contributed by atoms with van der Waals surface area (Å²) in [6, 6.07) is 38.6. The molecule has 1 N–H and O–H groups in total. The van der Waals surface area contributed by atoms with E-state index in [2.05, 4.69) is 122 Å². The number of anilines is 2. The van der Waals surface area contributed by atoms with Crippen LogP contribution in [0.1, 0.15) is 25.0 Å². The highest BCUT2D eigenvalue weighted by Crippen LogP contribution is 2.49. The molecule has 1 heterocycles. The first kappa shape index (κ1) is 20.1. The van der Waals surface area contributed by atoms with Crippen LogP contribution in [0.2, 0.25) is 0 Å². The van der Waals surface area contributed by atoms with Crippen LogP contribution in [0.15, 0.2) is 114 Å². The molecular formula is C33H25NO. The Hall–Kier alpha value is -4.30. The van der Waals surface area contributed by atoms with Gasteiger partial charge in [0.25, 0.3) is 0 Å². The van der Waals surface area contributed by atoms with E-state index in [0.717, 1.165) is 44.4 Å². The largest absolute Gasteiger partial charge is 0.453 e. The summed E-state index contributed by atoms with van der Waals surface area (Å²) in [6.07, 6.45) is 0. The Balaban J connectivity index is 1.34. The van der Waals surface area contributed by atoms with E-state index in [4.69, 9.17) is 4.42 Å². The number of rotatable bonds is 3. The molecule has 6 aromatic rings. The maximum Gasteiger partial charge on any atom is 0.158 e. The van der Waals surface area contributed by atoms with Crippen molar-refractivity contribution in [1.82, 2.24) is 0 Å². The number of fused-ring (bicyclic) bond motifs is 6. The van der Waals surface area contributed by atoms with E-state index in [1.165, 1.54) is 22.3 Å². The Morgan fingerprint density at radius 1 is 0.571 bits per heavy atom. The van der Waals surface area contributed by atoms with Gasteiger partial charge in [-0.1, -0.05) is 105 Å². The molecule has 0 aliphatic heterocycles. The third kappa shape index (κ3) is 2.96. The molecule has 35 heavy (non-hydrogen) atoms. The molecule has 1 aliphatic rings. The SMILES string of the molecule is CC1(C)c2ccccc2-c2ccc(Nc3cccc4c3oc3c(-c5ccccc5)cccc34)cc21. The predicted molar refractivity (Wildman–Crippen MR) is 146 cm³/mol. The van der Waals surface area contributed by atoms with Crippen molar-refractivity contribution in [2.45, 2.75) is 19.3 Å². The Morgan fingerprint density at radius 2 is 1.26 bits per heavy atom. The van der Waals surface area contributed by atoms with Crippen molar-refractivity contribution in [2.24, 2.45) is 0 Å². The summed E-state index contributed by atoms with van der Waals surface area (Å²) in [5.74, 6) is 0. The van der Waals surface area contributed by atoms with E-state index in [9.17, 15) is 0 Å². The summed E-state index contributed by atoms with van der Waals surface area (Å²) in [6.45, 7) is 4.62. The zero-order valence-electron chi connectivity index (χ0n) is 19.8. The molecule has 2 nitrogen and oxygen atoms in total. The van der Waals surface area contributed by atoms with E-state index in [1.807, 2.05) is 6.07 Å². The second-order valence-corrected chi connectivity index (χ2v) is 9.89. The molecule has 0 bridgehead atoms. The summed E-state index contributed by atoms with van der Waals surface area (Å²) in [5.41, 5.74) is 11.5. The molecule has 0 amide bonds. The fourth-order valence-electron chi connectivity index (χ4n) is 5.70. The van der Waals surface area contributed by atoms with Gasteiger partial charge in [-0.2, -0.15) is 0 Å². The van der Waals surface area contributed by atoms with Gasteiger partial charge in [0.1, 0.15) is 5.58 Å². The molecule has 1 aliphatic carbocycles. The molecule has 0 saturated carbocycles. The average molecular weight is 452 g/mol.